The molecular formula is C6H9NO2S. The number of amides is 1. The Hall–Kier alpha value is -0.640. The second kappa shape index (κ2) is 2.96. The number of rotatable bonds is 0. The van der Waals surface area contributed by atoms with E-state index in [4.69, 9.17) is 17.3 Å². The van der Waals surface area contributed by atoms with E-state index in [0.717, 1.165) is 17.7 Å². The van der Waals surface area contributed by atoms with Crippen LogP contribution in [0.4, 0.5) is 4.79 Å². The first-order chi connectivity index (χ1) is 4.70. The van der Waals surface area contributed by atoms with E-state index < -0.39 is 6.09 Å². The molecular weight excluding hydrogens is 150 g/mol. The number of carbonyl (C=O) groups is 1. The summed E-state index contributed by atoms with van der Waals surface area (Å²) in [5.74, 6) is 0. The molecule has 0 radical (unpaired) electrons. The van der Waals surface area contributed by atoms with E-state index in [1.54, 1.807) is 0 Å². The molecule has 1 fully saturated rings. The summed E-state index contributed by atoms with van der Waals surface area (Å²) in [6.45, 7) is 1.16. The van der Waals surface area contributed by atoms with Crippen LogP contribution in [0.15, 0.2) is 0 Å². The Bertz CT molecular complexity index is 159. The molecule has 0 bridgehead atoms. The number of hydrogen-bond donors (Lipinski definition) is 1. The summed E-state index contributed by atoms with van der Waals surface area (Å²) in [6, 6.07) is 0. The summed E-state index contributed by atoms with van der Waals surface area (Å²) in [7, 11) is 0. The third-order valence-electron chi connectivity index (χ3n) is 1.59. The highest BCUT2D eigenvalue weighted by atomic mass is 32.1. The second-order valence-electron chi connectivity index (χ2n) is 2.31. The van der Waals surface area contributed by atoms with Crippen molar-refractivity contribution in [2.24, 2.45) is 0 Å². The fourth-order valence-electron chi connectivity index (χ4n) is 0.947. The van der Waals surface area contributed by atoms with Gasteiger partial charge in [0.2, 0.25) is 0 Å². The van der Waals surface area contributed by atoms with Crippen LogP contribution in [0.5, 0.6) is 0 Å². The molecule has 1 amide bonds. The second-order valence-corrected chi connectivity index (χ2v) is 2.89. The van der Waals surface area contributed by atoms with E-state index >= 15 is 0 Å². The number of piperidine rings is 1. The molecule has 0 aliphatic carbocycles. The lowest BCUT2D eigenvalue weighted by Crippen LogP contribution is -2.37. The quantitative estimate of drug-likeness (QED) is 0.539. The summed E-state index contributed by atoms with van der Waals surface area (Å²) < 4.78 is 0. The Kier molecular flexibility index (Phi) is 2.21. The van der Waals surface area contributed by atoms with Gasteiger partial charge in [0.25, 0.3) is 0 Å². The first kappa shape index (κ1) is 7.47. The van der Waals surface area contributed by atoms with Gasteiger partial charge in [-0.05, 0) is 17.7 Å². The highest BCUT2D eigenvalue weighted by Crippen LogP contribution is 2.06. The van der Waals surface area contributed by atoms with Gasteiger partial charge in [-0.25, -0.2) is 4.79 Å². The Morgan fingerprint density at radius 2 is 2.00 bits per heavy atom. The van der Waals surface area contributed by atoms with Gasteiger partial charge in [0.15, 0.2) is 0 Å². The standard InChI is InChI=1S/C6H9NO2S/c8-6(9)7-3-1-5(10)2-4-7/h1-4H2,(H,8,9). The fraction of sp³-hybridized carbons (Fsp3) is 0.667. The van der Waals surface area contributed by atoms with Gasteiger partial charge < -0.3 is 10.0 Å². The van der Waals surface area contributed by atoms with E-state index in [1.807, 2.05) is 0 Å². The molecule has 56 valence electrons. The van der Waals surface area contributed by atoms with E-state index in [2.05, 4.69) is 0 Å². The summed E-state index contributed by atoms with van der Waals surface area (Å²) in [6.07, 6.45) is 0.672. The minimum Gasteiger partial charge on any atom is -0.465 e. The van der Waals surface area contributed by atoms with Crippen LogP contribution in [0.25, 0.3) is 0 Å². The molecule has 4 heteroatoms. The molecule has 0 unspecified atom stereocenters. The lowest BCUT2D eigenvalue weighted by atomic mass is 10.1. The van der Waals surface area contributed by atoms with E-state index in [1.165, 1.54) is 4.90 Å². The molecule has 1 N–H and O–H groups in total. The number of hydrogen-bond acceptors (Lipinski definition) is 2. The Labute approximate surface area is 64.6 Å². The third kappa shape index (κ3) is 1.67. The van der Waals surface area contributed by atoms with Crippen molar-refractivity contribution < 1.29 is 9.90 Å². The van der Waals surface area contributed by atoms with Crippen LogP contribution in [0.1, 0.15) is 12.8 Å². The Morgan fingerprint density at radius 3 is 2.40 bits per heavy atom. The Morgan fingerprint density at radius 1 is 1.50 bits per heavy atom. The normalized spacial score (nSPS) is 19.2. The first-order valence-electron chi connectivity index (χ1n) is 3.20. The zero-order chi connectivity index (χ0) is 7.56. The lowest BCUT2D eigenvalue weighted by molar-refractivity contribution is 0.145. The van der Waals surface area contributed by atoms with Crippen molar-refractivity contribution in [3.05, 3.63) is 0 Å². The van der Waals surface area contributed by atoms with Crippen LogP contribution in [0.3, 0.4) is 0 Å². The van der Waals surface area contributed by atoms with Crippen molar-refractivity contribution in [3.8, 4) is 0 Å². The summed E-state index contributed by atoms with van der Waals surface area (Å²) >= 11 is 4.93. The largest absolute Gasteiger partial charge is 0.465 e. The molecule has 0 aromatic heterocycles. The fourth-order valence-corrected chi connectivity index (χ4v) is 1.13. The maximum absolute atomic E-state index is 10.3. The zero-order valence-corrected chi connectivity index (χ0v) is 6.36. The smallest absolute Gasteiger partial charge is 0.407 e. The van der Waals surface area contributed by atoms with Gasteiger partial charge in [0, 0.05) is 13.1 Å². The minimum atomic E-state index is -0.831. The van der Waals surface area contributed by atoms with Crippen LogP contribution >= 0.6 is 12.2 Å². The lowest BCUT2D eigenvalue weighted by Gasteiger charge is -2.23. The average molecular weight is 159 g/mol. The van der Waals surface area contributed by atoms with Gasteiger partial charge in [-0.1, -0.05) is 12.2 Å². The molecule has 1 aliphatic heterocycles. The molecule has 0 spiro atoms. The number of likely N-dealkylation sites (tertiary alicyclic amines) is 1. The van der Waals surface area contributed by atoms with Gasteiger partial charge in [0.1, 0.15) is 0 Å². The summed E-state index contributed by atoms with van der Waals surface area (Å²) in [5.41, 5.74) is 0. The molecule has 1 saturated heterocycles. The van der Waals surface area contributed by atoms with Gasteiger partial charge in [-0.2, -0.15) is 0 Å². The molecule has 0 aromatic rings. The van der Waals surface area contributed by atoms with Crippen LogP contribution in [0.2, 0.25) is 0 Å². The number of nitrogens with zero attached hydrogens (tertiary/aromatic N) is 1. The summed E-state index contributed by atoms with van der Waals surface area (Å²) in [5, 5.41) is 8.51. The number of thiocarbonyl (C=S) groups is 1. The maximum Gasteiger partial charge on any atom is 0.407 e. The predicted molar refractivity (Wildman–Crippen MR) is 41.4 cm³/mol. The van der Waals surface area contributed by atoms with Crippen molar-refractivity contribution in [1.82, 2.24) is 4.90 Å². The predicted octanol–water partition coefficient (Wildman–Crippen LogP) is 1.13. The maximum atomic E-state index is 10.3. The van der Waals surface area contributed by atoms with Crippen molar-refractivity contribution >= 4 is 23.2 Å². The monoisotopic (exact) mass is 159 g/mol. The topological polar surface area (TPSA) is 40.5 Å². The average Bonchev–Trinajstić information content (AvgIpc) is 1.88. The van der Waals surface area contributed by atoms with Gasteiger partial charge in [-0.15, -0.1) is 0 Å². The molecule has 3 nitrogen and oxygen atoms in total. The van der Waals surface area contributed by atoms with Crippen LogP contribution in [-0.2, 0) is 0 Å². The molecule has 1 rings (SSSR count). The minimum absolute atomic E-state index is 0.578. The van der Waals surface area contributed by atoms with Crippen LogP contribution in [-0.4, -0.2) is 34.1 Å². The molecule has 0 aromatic carbocycles. The Balaban J connectivity index is 2.40. The highest BCUT2D eigenvalue weighted by molar-refractivity contribution is 7.80. The van der Waals surface area contributed by atoms with Crippen LogP contribution in [0, 0.1) is 0 Å². The van der Waals surface area contributed by atoms with E-state index in [9.17, 15) is 4.79 Å². The van der Waals surface area contributed by atoms with Crippen molar-refractivity contribution in [2.45, 2.75) is 12.8 Å². The van der Waals surface area contributed by atoms with Crippen molar-refractivity contribution in [1.29, 1.82) is 0 Å². The van der Waals surface area contributed by atoms with Crippen LogP contribution < -0.4 is 0 Å². The van der Waals surface area contributed by atoms with Crippen molar-refractivity contribution in [3.63, 3.8) is 0 Å². The van der Waals surface area contributed by atoms with Gasteiger partial charge in [0.05, 0.1) is 0 Å². The molecule has 0 saturated carbocycles. The molecule has 1 heterocycles. The third-order valence-corrected chi connectivity index (χ3v) is 2.00. The van der Waals surface area contributed by atoms with E-state index in [0.29, 0.717) is 13.1 Å². The first-order valence-corrected chi connectivity index (χ1v) is 3.60. The summed E-state index contributed by atoms with van der Waals surface area (Å²) in [4.78, 5) is 12.7. The number of carboxylic acid groups (broad SMARTS) is 1. The SMILES string of the molecule is O=C(O)N1CCC(=S)CC1. The molecule has 1 aliphatic rings. The van der Waals surface area contributed by atoms with Gasteiger partial charge >= 0.3 is 6.09 Å². The van der Waals surface area contributed by atoms with Crippen molar-refractivity contribution in [2.75, 3.05) is 13.1 Å². The van der Waals surface area contributed by atoms with E-state index in [-0.39, 0.29) is 0 Å². The molecule has 0 atom stereocenters. The zero-order valence-electron chi connectivity index (χ0n) is 5.54. The molecule has 10 heavy (non-hydrogen) atoms. The highest BCUT2D eigenvalue weighted by Gasteiger charge is 2.16. The van der Waals surface area contributed by atoms with Gasteiger partial charge in [-0.3, -0.25) is 0 Å².